The number of fused-ring (bicyclic) bond motifs is 1. The number of carbonyl (C=O) groups is 1. The van der Waals surface area contributed by atoms with Crippen molar-refractivity contribution in [3.05, 3.63) is 24.2 Å². The summed E-state index contributed by atoms with van der Waals surface area (Å²) >= 11 is 0. The molecule has 0 unspecified atom stereocenters. The Morgan fingerprint density at radius 1 is 1.40 bits per heavy atom. The quantitative estimate of drug-likeness (QED) is 0.790. The van der Waals surface area contributed by atoms with Crippen LogP contribution >= 0.6 is 0 Å². The third-order valence-electron chi connectivity index (χ3n) is 2.22. The van der Waals surface area contributed by atoms with E-state index < -0.39 is 5.97 Å². The first-order valence-corrected chi connectivity index (χ1v) is 4.76. The Hall–Kier alpha value is -1.91. The lowest BCUT2D eigenvalue weighted by Gasteiger charge is -1.95. The van der Waals surface area contributed by atoms with Gasteiger partial charge in [-0.05, 0) is 18.4 Å². The Balaban J connectivity index is 2.11. The van der Waals surface area contributed by atoms with Crippen molar-refractivity contribution >= 4 is 17.1 Å². The van der Waals surface area contributed by atoms with Crippen LogP contribution in [0.4, 0.5) is 0 Å². The van der Waals surface area contributed by atoms with Crippen molar-refractivity contribution in [2.75, 3.05) is 0 Å². The number of carboxylic acid groups (broad SMARTS) is 1. The van der Waals surface area contributed by atoms with Crippen LogP contribution in [0.15, 0.2) is 18.6 Å². The Bertz CT molecular complexity index is 478. The average molecular weight is 205 g/mol. The molecule has 0 atom stereocenters. The van der Waals surface area contributed by atoms with E-state index in [0.29, 0.717) is 12.8 Å². The van der Waals surface area contributed by atoms with Gasteiger partial charge in [0, 0.05) is 25.0 Å². The molecule has 0 saturated heterocycles. The van der Waals surface area contributed by atoms with Gasteiger partial charge in [-0.2, -0.15) is 0 Å². The summed E-state index contributed by atoms with van der Waals surface area (Å²) in [6.45, 7) is 0. The fourth-order valence-corrected chi connectivity index (χ4v) is 1.52. The van der Waals surface area contributed by atoms with Crippen molar-refractivity contribution in [2.24, 2.45) is 0 Å². The average Bonchev–Trinajstić information content (AvgIpc) is 2.62. The summed E-state index contributed by atoms with van der Waals surface area (Å²) in [5, 5.41) is 8.52. The van der Waals surface area contributed by atoms with E-state index >= 15 is 0 Å². The van der Waals surface area contributed by atoms with E-state index in [4.69, 9.17) is 5.11 Å². The number of hydrogen-bond acceptors (Lipinski definition) is 3. The molecule has 0 saturated carbocycles. The molecule has 2 N–H and O–H groups in total. The zero-order valence-electron chi connectivity index (χ0n) is 8.10. The van der Waals surface area contributed by atoms with Gasteiger partial charge in [-0.3, -0.25) is 9.78 Å². The number of aromatic nitrogens is 3. The summed E-state index contributed by atoms with van der Waals surface area (Å²) in [6, 6.07) is 0. The van der Waals surface area contributed by atoms with E-state index in [1.54, 1.807) is 12.4 Å². The lowest BCUT2D eigenvalue weighted by atomic mass is 10.1. The van der Waals surface area contributed by atoms with Gasteiger partial charge < -0.3 is 10.1 Å². The SMILES string of the molecule is O=C(O)CCCc1c[nH]c2nccnc12. The topological polar surface area (TPSA) is 78.9 Å². The molecule has 0 bridgehead atoms. The van der Waals surface area contributed by atoms with Crippen LogP contribution in [0, 0.1) is 0 Å². The molecule has 0 spiro atoms. The smallest absolute Gasteiger partial charge is 0.303 e. The van der Waals surface area contributed by atoms with Gasteiger partial charge in [0.25, 0.3) is 0 Å². The van der Waals surface area contributed by atoms with Crippen molar-refractivity contribution in [3.63, 3.8) is 0 Å². The maximum atomic E-state index is 10.4. The number of carboxylic acids is 1. The summed E-state index contributed by atoms with van der Waals surface area (Å²) in [6.07, 6.45) is 6.63. The molecule has 0 amide bonds. The highest BCUT2D eigenvalue weighted by Crippen LogP contribution is 2.15. The largest absolute Gasteiger partial charge is 0.481 e. The second-order valence-electron chi connectivity index (χ2n) is 3.31. The molecule has 0 aromatic carbocycles. The molecule has 0 aliphatic heterocycles. The fraction of sp³-hybridized carbons (Fsp3) is 0.300. The van der Waals surface area contributed by atoms with Gasteiger partial charge in [0.2, 0.25) is 0 Å². The first kappa shape index (κ1) is 9.64. The second kappa shape index (κ2) is 4.08. The molecule has 2 heterocycles. The molecule has 15 heavy (non-hydrogen) atoms. The summed E-state index contributed by atoms with van der Waals surface area (Å²) in [4.78, 5) is 21.7. The van der Waals surface area contributed by atoms with Crippen LogP contribution < -0.4 is 0 Å². The van der Waals surface area contributed by atoms with Crippen LogP contribution in [0.25, 0.3) is 11.2 Å². The minimum Gasteiger partial charge on any atom is -0.481 e. The molecule has 0 aliphatic carbocycles. The number of hydrogen-bond donors (Lipinski definition) is 2. The molecule has 0 fully saturated rings. The van der Waals surface area contributed by atoms with Crippen molar-refractivity contribution in [1.29, 1.82) is 0 Å². The number of aliphatic carboxylic acids is 1. The van der Waals surface area contributed by atoms with Gasteiger partial charge in [-0.15, -0.1) is 0 Å². The monoisotopic (exact) mass is 205 g/mol. The lowest BCUT2D eigenvalue weighted by Crippen LogP contribution is -1.95. The summed E-state index contributed by atoms with van der Waals surface area (Å²) in [7, 11) is 0. The zero-order chi connectivity index (χ0) is 10.7. The van der Waals surface area contributed by atoms with Crippen LogP contribution in [-0.2, 0) is 11.2 Å². The van der Waals surface area contributed by atoms with Gasteiger partial charge in [0.1, 0.15) is 5.52 Å². The minimum atomic E-state index is -0.763. The maximum Gasteiger partial charge on any atom is 0.303 e. The fourth-order valence-electron chi connectivity index (χ4n) is 1.52. The third-order valence-corrected chi connectivity index (χ3v) is 2.22. The Kier molecular flexibility index (Phi) is 2.62. The molecular weight excluding hydrogens is 194 g/mol. The molecular formula is C10H11N3O2. The molecule has 2 aromatic rings. The molecule has 2 rings (SSSR count). The van der Waals surface area contributed by atoms with Crippen LogP contribution in [0.2, 0.25) is 0 Å². The van der Waals surface area contributed by atoms with Crippen LogP contribution in [0.5, 0.6) is 0 Å². The third kappa shape index (κ3) is 2.12. The molecule has 0 radical (unpaired) electrons. The van der Waals surface area contributed by atoms with E-state index in [9.17, 15) is 4.79 Å². The molecule has 2 aromatic heterocycles. The summed E-state index contributed by atoms with van der Waals surface area (Å²) in [5.74, 6) is -0.763. The van der Waals surface area contributed by atoms with Crippen molar-refractivity contribution in [3.8, 4) is 0 Å². The standard InChI is InChI=1S/C10H11N3O2/c14-8(15)3-1-2-7-6-13-10-9(7)11-4-5-12-10/h4-6H,1-3H2,(H,12,13)(H,14,15). The summed E-state index contributed by atoms with van der Waals surface area (Å²) < 4.78 is 0. The Morgan fingerprint density at radius 2 is 2.20 bits per heavy atom. The predicted molar refractivity (Wildman–Crippen MR) is 54.5 cm³/mol. The number of H-pyrrole nitrogens is 1. The van der Waals surface area contributed by atoms with Crippen LogP contribution in [0.1, 0.15) is 18.4 Å². The van der Waals surface area contributed by atoms with E-state index in [1.807, 2.05) is 6.20 Å². The van der Waals surface area contributed by atoms with E-state index in [-0.39, 0.29) is 6.42 Å². The van der Waals surface area contributed by atoms with Gasteiger partial charge in [0.05, 0.1) is 0 Å². The first-order chi connectivity index (χ1) is 7.27. The van der Waals surface area contributed by atoms with E-state index in [0.717, 1.165) is 16.7 Å². The minimum absolute atomic E-state index is 0.187. The zero-order valence-corrected chi connectivity index (χ0v) is 8.10. The van der Waals surface area contributed by atoms with Crippen molar-refractivity contribution < 1.29 is 9.90 Å². The Morgan fingerprint density at radius 3 is 3.00 bits per heavy atom. The first-order valence-electron chi connectivity index (χ1n) is 4.76. The molecule has 5 heteroatoms. The molecule has 5 nitrogen and oxygen atoms in total. The van der Waals surface area contributed by atoms with Crippen LogP contribution in [-0.4, -0.2) is 26.0 Å². The van der Waals surface area contributed by atoms with Gasteiger partial charge in [0.15, 0.2) is 5.65 Å². The number of aryl methyl sites for hydroxylation is 1. The predicted octanol–water partition coefficient (Wildman–Crippen LogP) is 1.37. The van der Waals surface area contributed by atoms with Gasteiger partial charge in [-0.25, -0.2) is 4.98 Å². The summed E-state index contributed by atoms with van der Waals surface area (Å²) in [5.41, 5.74) is 2.62. The number of aromatic amines is 1. The van der Waals surface area contributed by atoms with Gasteiger partial charge >= 0.3 is 5.97 Å². The highest BCUT2D eigenvalue weighted by atomic mass is 16.4. The maximum absolute atomic E-state index is 10.4. The normalized spacial score (nSPS) is 10.7. The lowest BCUT2D eigenvalue weighted by molar-refractivity contribution is -0.137. The van der Waals surface area contributed by atoms with Gasteiger partial charge in [-0.1, -0.05) is 0 Å². The number of nitrogens with zero attached hydrogens (tertiary/aromatic N) is 2. The Labute approximate surface area is 86.2 Å². The highest BCUT2D eigenvalue weighted by molar-refractivity contribution is 5.74. The second-order valence-corrected chi connectivity index (χ2v) is 3.31. The van der Waals surface area contributed by atoms with Crippen LogP contribution in [0.3, 0.4) is 0 Å². The van der Waals surface area contributed by atoms with Crippen molar-refractivity contribution in [1.82, 2.24) is 15.0 Å². The highest BCUT2D eigenvalue weighted by Gasteiger charge is 2.05. The van der Waals surface area contributed by atoms with E-state index in [1.165, 1.54) is 0 Å². The number of rotatable bonds is 4. The molecule has 0 aliphatic rings. The molecule has 78 valence electrons. The number of nitrogens with one attached hydrogen (secondary N) is 1. The van der Waals surface area contributed by atoms with Crippen molar-refractivity contribution in [2.45, 2.75) is 19.3 Å². The van der Waals surface area contributed by atoms with E-state index in [2.05, 4.69) is 15.0 Å².